The first-order chi connectivity index (χ1) is 11.7. The Bertz CT molecular complexity index is 867. The van der Waals surface area contributed by atoms with E-state index in [2.05, 4.69) is 21.9 Å². The smallest absolute Gasteiger partial charge is 0.254 e. The first-order valence-corrected chi connectivity index (χ1v) is 7.99. The van der Waals surface area contributed by atoms with Gasteiger partial charge in [-0.15, -0.1) is 0 Å². The number of hydrogen-bond donors (Lipinski definition) is 0. The SMILES string of the molecule is CN1CCN(C(=O)c2ccc3nc(-c4cccnc4)oc3c2)CC1. The van der Waals surface area contributed by atoms with Crippen LogP contribution in [0.25, 0.3) is 22.6 Å². The highest BCUT2D eigenvalue weighted by Crippen LogP contribution is 2.24. The van der Waals surface area contributed by atoms with E-state index in [9.17, 15) is 4.79 Å². The highest BCUT2D eigenvalue weighted by molar-refractivity contribution is 5.97. The molecule has 1 amide bonds. The lowest BCUT2D eigenvalue weighted by Gasteiger charge is -2.32. The zero-order valence-electron chi connectivity index (χ0n) is 13.5. The van der Waals surface area contributed by atoms with Crippen molar-refractivity contribution in [3.8, 4) is 11.5 Å². The average Bonchev–Trinajstić information content (AvgIpc) is 3.06. The molecule has 0 N–H and O–H groups in total. The van der Waals surface area contributed by atoms with Crippen molar-refractivity contribution >= 4 is 17.0 Å². The van der Waals surface area contributed by atoms with E-state index >= 15 is 0 Å². The Labute approximate surface area is 139 Å². The number of carbonyl (C=O) groups is 1. The van der Waals surface area contributed by atoms with Crippen molar-refractivity contribution in [1.82, 2.24) is 19.8 Å². The molecule has 0 radical (unpaired) electrons. The van der Waals surface area contributed by atoms with Crippen LogP contribution in [-0.2, 0) is 0 Å². The number of nitrogens with zero attached hydrogens (tertiary/aromatic N) is 4. The molecule has 24 heavy (non-hydrogen) atoms. The number of benzene rings is 1. The van der Waals surface area contributed by atoms with Gasteiger partial charge in [0.25, 0.3) is 5.91 Å². The van der Waals surface area contributed by atoms with Crippen molar-refractivity contribution in [2.45, 2.75) is 0 Å². The van der Waals surface area contributed by atoms with Crippen molar-refractivity contribution in [3.63, 3.8) is 0 Å². The van der Waals surface area contributed by atoms with Crippen LogP contribution in [0.5, 0.6) is 0 Å². The normalized spacial score (nSPS) is 15.8. The second kappa shape index (κ2) is 6.05. The number of likely N-dealkylation sites (N-methyl/N-ethyl adjacent to an activating group) is 1. The molecule has 1 aliphatic rings. The van der Waals surface area contributed by atoms with Gasteiger partial charge in [-0.25, -0.2) is 4.98 Å². The van der Waals surface area contributed by atoms with Gasteiger partial charge in [-0.3, -0.25) is 9.78 Å². The van der Waals surface area contributed by atoms with E-state index in [0.29, 0.717) is 17.0 Å². The van der Waals surface area contributed by atoms with E-state index in [0.717, 1.165) is 37.3 Å². The van der Waals surface area contributed by atoms with Gasteiger partial charge < -0.3 is 14.2 Å². The topological polar surface area (TPSA) is 62.5 Å². The van der Waals surface area contributed by atoms with Gasteiger partial charge in [0.15, 0.2) is 5.58 Å². The summed E-state index contributed by atoms with van der Waals surface area (Å²) in [6.07, 6.45) is 3.42. The molecule has 4 rings (SSSR count). The van der Waals surface area contributed by atoms with Gasteiger partial charge in [-0.1, -0.05) is 0 Å². The minimum atomic E-state index is 0.0457. The monoisotopic (exact) mass is 322 g/mol. The van der Waals surface area contributed by atoms with Gasteiger partial charge in [0.1, 0.15) is 5.52 Å². The molecule has 3 heterocycles. The van der Waals surface area contributed by atoms with Crippen LogP contribution in [0.2, 0.25) is 0 Å². The minimum absolute atomic E-state index is 0.0457. The lowest BCUT2D eigenvalue weighted by Crippen LogP contribution is -2.47. The summed E-state index contributed by atoms with van der Waals surface area (Å²) in [5, 5.41) is 0. The third-order valence-electron chi connectivity index (χ3n) is 4.33. The molecule has 0 atom stereocenters. The van der Waals surface area contributed by atoms with Gasteiger partial charge in [0.2, 0.25) is 5.89 Å². The Balaban J connectivity index is 1.62. The van der Waals surface area contributed by atoms with Crippen LogP contribution >= 0.6 is 0 Å². The van der Waals surface area contributed by atoms with Gasteiger partial charge in [0, 0.05) is 44.1 Å². The molecule has 6 nitrogen and oxygen atoms in total. The fourth-order valence-corrected chi connectivity index (χ4v) is 2.86. The molecule has 0 unspecified atom stereocenters. The number of aromatic nitrogens is 2. The maximum atomic E-state index is 12.7. The lowest BCUT2D eigenvalue weighted by atomic mass is 10.1. The maximum absolute atomic E-state index is 12.7. The standard InChI is InChI=1S/C18H18N4O2/c1-21-7-9-22(10-8-21)18(23)13-4-5-15-16(11-13)24-17(20-15)14-3-2-6-19-12-14/h2-6,11-12H,7-10H2,1H3. The third kappa shape index (κ3) is 2.76. The fourth-order valence-electron chi connectivity index (χ4n) is 2.86. The van der Waals surface area contributed by atoms with Crippen LogP contribution in [0, 0.1) is 0 Å². The first kappa shape index (κ1) is 14.8. The number of hydrogen-bond acceptors (Lipinski definition) is 5. The number of oxazole rings is 1. The van der Waals surface area contributed by atoms with Crippen molar-refractivity contribution in [1.29, 1.82) is 0 Å². The van der Waals surface area contributed by atoms with E-state index in [1.165, 1.54) is 0 Å². The van der Waals surface area contributed by atoms with E-state index in [1.54, 1.807) is 18.5 Å². The summed E-state index contributed by atoms with van der Waals surface area (Å²) >= 11 is 0. The number of piperazine rings is 1. The molecule has 1 aromatic carbocycles. The third-order valence-corrected chi connectivity index (χ3v) is 4.33. The van der Waals surface area contributed by atoms with Crippen LogP contribution in [-0.4, -0.2) is 58.9 Å². The van der Waals surface area contributed by atoms with Crippen LogP contribution in [0.3, 0.4) is 0 Å². The highest BCUT2D eigenvalue weighted by Gasteiger charge is 2.21. The Hall–Kier alpha value is -2.73. The summed E-state index contributed by atoms with van der Waals surface area (Å²) in [5.41, 5.74) is 2.82. The molecule has 0 bridgehead atoms. The molecule has 1 saturated heterocycles. The van der Waals surface area contributed by atoms with Crippen LogP contribution in [0.1, 0.15) is 10.4 Å². The van der Waals surface area contributed by atoms with Crippen LogP contribution in [0.15, 0.2) is 47.1 Å². The van der Waals surface area contributed by atoms with E-state index in [1.807, 2.05) is 29.2 Å². The van der Waals surface area contributed by atoms with Crippen LogP contribution in [0.4, 0.5) is 0 Å². The molecule has 122 valence electrons. The molecule has 2 aromatic heterocycles. The first-order valence-electron chi connectivity index (χ1n) is 7.99. The molecule has 3 aromatic rings. The van der Waals surface area contributed by atoms with Crippen molar-refractivity contribution in [2.75, 3.05) is 33.2 Å². The van der Waals surface area contributed by atoms with Crippen molar-refractivity contribution < 1.29 is 9.21 Å². The summed E-state index contributed by atoms with van der Waals surface area (Å²) < 4.78 is 5.82. The molecule has 6 heteroatoms. The van der Waals surface area contributed by atoms with E-state index in [-0.39, 0.29) is 5.91 Å². The van der Waals surface area contributed by atoms with E-state index < -0.39 is 0 Å². The van der Waals surface area contributed by atoms with E-state index in [4.69, 9.17) is 4.42 Å². The molecular weight excluding hydrogens is 304 g/mol. The van der Waals surface area contributed by atoms with Crippen molar-refractivity contribution in [2.24, 2.45) is 0 Å². The zero-order valence-corrected chi connectivity index (χ0v) is 13.5. The molecule has 0 saturated carbocycles. The Morgan fingerprint density at radius 3 is 2.75 bits per heavy atom. The number of pyridine rings is 1. The number of amides is 1. The predicted molar refractivity (Wildman–Crippen MR) is 90.6 cm³/mol. The van der Waals surface area contributed by atoms with Gasteiger partial charge in [-0.05, 0) is 37.4 Å². The lowest BCUT2D eigenvalue weighted by molar-refractivity contribution is 0.0664. The summed E-state index contributed by atoms with van der Waals surface area (Å²) in [6.45, 7) is 3.32. The Morgan fingerprint density at radius 1 is 1.17 bits per heavy atom. The molecule has 0 spiro atoms. The van der Waals surface area contributed by atoms with Gasteiger partial charge >= 0.3 is 0 Å². The maximum Gasteiger partial charge on any atom is 0.254 e. The largest absolute Gasteiger partial charge is 0.436 e. The summed E-state index contributed by atoms with van der Waals surface area (Å²) in [4.78, 5) is 25.3. The fraction of sp³-hybridized carbons (Fsp3) is 0.278. The molecule has 1 fully saturated rings. The minimum Gasteiger partial charge on any atom is -0.436 e. The van der Waals surface area contributed by atoms with Gasteiger partial charge in [-0.2, -0.15) is 0 Å². The number of carbonyl (C=O) groups excluding carboxylic acids is 1. The summed E-state index contributed by atoms with van der Waals surface area (Å²) in [6, 6.07) is 9.17. The average molecular weight is 322 g/mol. The summed E-state index contributed by atoms with van der Waals surface area (Å²) in [5.74, 6) is 0.562. The second-order valence-corrected chi connectivity index (χ2v) is 6.04. The Morgan fingerprint density at radius 2 is 2.00 bits per heavy atom. The summed E-state index contributed by atoms with van der Waals surface area (Å²) in [7, 11) is 2.07. The van der Waals surface area contributed by atoms with Crippen molar-refractivity contribution in [3.05, 3.63) is 48.3 Å². The highest BCUT2D eigenvalue weighted by atomic mass is 16.3. The molecule has 0 aliphatic carbocycles. The number of fused-ring (bicyclic) bond motifs is 1. The molecule has 1 aliphatic heterocycles. The quantitative estimate of drug-likeness (QED) is 0.724. The van der Waals surface area contributed by atoms with Gasteiger partial charge in [0.05, 0.1) is 5.56 Å². The zero-order chi connectivity index (χ0) is 16.5. The Kier molecular flexibility index (Phi) is 3.74. The number of rotatable bonds is 2. The predicted octanol–water partition coefficient (Wildman–Crippen LogP) is 2.28. The second-order valence-electron chi connectivity index (χ2n) is 6.04. The van der Waals surface area contributed by atoms with Crippen LogP contribution < -0.4 is 0 Å². The molecular formula is C18H18N4O2.